The summed E-state index contributed by atoms with van der Waals surface area (Å²) in [6, 6.07) is 5.42. The summed E-state index contributed by atoms with van der Waals surface area (Å²) in [5.74, 6) is 0. The fourth-order valence-electron chi connectivity index (χ4n) is 1.44. The molecular formula is C11H13BrCl2N2O. The third-order valence-electron chi connectivity index (χ3n) is 2.34. The van der Waals surface area contributed by atoms with Crippen molar-refractivity contribution in [1.82, 2.24) is 5.01 Å². The smallest absolute Gasteiger partial charge is 0.0659 e. The Morgan fingerprint density at radius 1 is 1.18 bits per heavy atom. The molecule has 1 aliphatic rings. The van der Waals surface area contributed by atoms with Crippen LogP contribution in [0.5, 0.6) is 0 Å². The lowest BCUT2D eigenvalue weighted by Crippen LogP contribution is -2.32. The molecule has 0 N–H and O–H groups in total. The predicted molar refractivity (Wildman–Crippen MR) is 76.8 cm³/mol. The zero-order valence-electron chi connectivity index (χ0n) is 9.10. The Morgan fingerprint density at radius 3 is 2.35 bits per heavy atom. The van der Waals surface area contributed by atoms with Crippen molar-refractivity contribution < 1.29 is 4.74 Å². The molecule has 0 aromatic heterocycles. The zero-order valence-corrected chi connectivity index (χ0v) is 12.3. The predicted octanol–water partition coefficient (Wildman–Crippen LogP) is 3.24. The van der Waals surface area contributed by atoms with Crippen LogP contribution >= 0.6 is 40.2 Å². The van der Waals surface area contributed by atoms with Crippen molar-refractivity contribution >= 4 is 46.4 Å². The maximum absolute atomic E-state index is 6.03. The van der Waals surface area contributed by atoms with Gasteiger partial charge in [0, 0.05) is 5.56 Å². The lowest BCUT2D eigenvalue weighted by atomic mass is 10.2. The molecule has 0 aliphatic carbocycles. The molecule has 1 aliphatic heterocycles. The summed E-state index contributed by atoms with van der Waals surface area (Å²) >= 11 is 12.1. The summed E-state index contributed by atoms with van der Waals surface area (Å²) in [6.45, 7) is 3.04. The minimum Gasteiger partial charge on any atom is -0.378 e. The molecule has 1 heterocycles. The topological polar surface area (TPSA) is 24.8 Å². The molecule has 2 rings (SSSR count). The van der Waals surface area contributed by atoms with Gasteiger partial charge in [0.2, 0.25) is 0 Å². The lowest BCUT2D eigenvalue weighted by Gasteiger charge is -2.23. The van der Waals surface area contributed by atoms with E-state index < -0.39 is 0 Å². The van der Waals surface area contributed by atoms with E-state index >= 15 is 0 Å². The van der Waals surface area contributed by atoms with Gasteiger partial charge in [-0.25, -0.2) is 0 Å². The largest absolute Gasteiger partial charge is 0.378 e. The first-order chi connectivity index (χ1) is 7.77. The molecule has 1 aromatic rings. The third-order valence-corrected chi connectivity index (χ3v) is 3.00. The normalized spacial score (nSPS) is 16.0. The fraction of sp³-hybridized carbons (Fsp3) is 0.364. The van der Waals surface area contributed by atoms with Crippen LogP contribution in [-0.4, -0.2) is 37.5 Å². The number of hydrogen-bond acceptors (Lipinski definition) is 3. The fourth-order valence-corrected chi connectivity index (χ4v) is 1.94. The lowest BCUT2D eigenvalue weighted by molar-refractivity contribution is 0.0397. The van der Waals surface area contributed by atoms with Gasteiger partial charge in [-0.05, 0) is 12.1 Å². The van der Waals surface area contributed by atoms with E-state index in [0.717, 1.165) is 18.7 Å². The number of morpholine rings is 1. The highest BCUT2D eigenvalue weighted by Gasteiger charge is 2.07. The van der Waals surface area contributed by atoms with Crippen molar-refractivity contribution in [3.05, 3.63) is 33.8 Å². The van der Waals surface area contributed by atoms with Crippen LogP contribution in [0.25, 0.3) is 0 Å². The van der Waals surface area contributed by atoms with Gasteiger partial charge in [0.15, 0.2) is 0 Å². The second kappa shape index (κ2) is 7.21. The standard InChI is InChI=1S/C11H12Cl2N2O.BrH/c12-10-2-1-3-11(13)9(10)8-14-15-4-6-16-7-5-15;/h1-3,8H,4-7H2;1H. The highest BCUT2D eigenvalue weighted by molar-refractivity contribution is 8.93. The number of halogens is 3. The highest BCUT2D eigenvalue weighted by Crippen LogP contribution is 2.22. The number of rotatable bonds is 2. The van der Waals surface area contributed by atoms with Crippen LogP contribution in [0.3, 0.4) is 0 Å². The Balaban J connectivity index is 0.00000144. The monoisotopic (exact) mass is 338 g/mol. The molecule has 0 spiro atoms. The van der Waals surface area contributed by atoms with Gasteiger partial charge in [-0.2, -0.15) is 5.10 Å². The van der Waals surface area contributed by atoms with Crippen molar-refractivity contribution in [2.75, 3.05) is 26.3 Å². The summed E-state index contributed by atoms with van der Waals surface area (Å²) in [6.07, 6.45) is 1.70. The Kier molecular flexibility index (Phi) is 6.27. The maximum Gasteiger partial charge on any atom is 0.0659 e. The second-order valence-electron chi connectivity index (χ2n) is 3.45. The van der Waals surface area contributed by atoms with E-state index in [2.05, 4.69) is 5.10 Å². The van der Waals surface area contributed by atoms with Gasteiger partial charge in [-0.3, -0.25) is 5.01 Å². The Bertz CT molecular complexity index is 375. The summed E-state index contributed by atoms with van der Waals surface area (Å²) in [5, 5.41) is 7.51. The molecule has 1 fully saturated rings. The van der Waals surface area contributed by atoms with Crippen molar-refractivity contribution in [3.8, 4) is 0 Å². The van der Waals surface area contributed by atoms with Crippen molar-refractivity contribution in [3.63, 3.8) is 0 Å². The number of benzene rings is 1. The molecule has 17 heavy (non-hydrogen) atoms. The van der Waals surface area contributed by atoms with E-state index in [1.54, 1.807) is 18.3 Å². The van der Waals surface area contributed by atoms with Gasteiger partial charge in [-0.1, -0.05) is 29.3 Å². The summed E-state index contributed by atoms with van der Waals surface area (Å²) in [4.78, 5) is 0. The molecule has 0 atom stereocenters. The number of nitrogens with zero attached hydrogens (tertiary/aromatic N) is 2. The Hall–Kier alpha value is -0.290. The quantitative estimate of drug-likeness (QED) is 0.773. The Labute approximate surface area is 121 Å². The van der Waals surface area contributed by atoms with Crippen molar-refractivity contribution in [2.45, 2.75) is 0 Å². The van der Waals surface area contributed by atoms with Crippen LogP contribution in [0.2, 0.25) is 10.0 Å². The van der Waals surface area contributed by atoms with Crippen molar-refractivity contribution in [2.24, 2.45) is 5.10 Å². The summed E-state index contributed by atoms with van der Waals surface area (Å²) in [5.41, 5.74) is 0.761. The highest BCUT2D eigenvalue weighted by atomic mass is 79.9. The molecule has 6 heteroatoms. The SMILES string of the molecule is Br.Clc1cccc(Cl)c1C=NN1CCOCC1. The van der Waals surface area contributed by atoms with Gasteiger partial charge < -0.3 is 4.74 Å². The van der Waals surface area contributed by atoms with E-state index in [4.69, 9.17) is 27.9 Å². The van der Waals surface area contributed by atoms with Gasteiger partial charge >= 0.3 is 0 Å². The van der Waals surface area contributed by atoms with Crippen LogP contribution in [0.15, 0.2) is 23.3 Å². The number of ether oxygens (including phenoxy) is 1. The second-order valence-corrected chi connectivity index (χ2v) is 4.26. The average Bonchev–Trinajstić information content (AvgIpc) is 2.30. The van der Waals surface area contributed by atoms with E-state index in [1.165, 1.54) is 0 Å². The van der Waals surface area contributed by atoms with Crippen molar-refractivity contribution in [1.29, 1.82) is 0 Å². The van der Waals surface area contributed by atoms with Gasteiger partial charge in [0.05, 0.1) is 42.6 Å². The first-order valence-electron chi connectivity index (χ1n) is 5.08. The summed E-state index contributed by atoms with van der Waals surface area (Å²) in [7, 11) is 0. The summed E-state index contributed by atoms with van der Waals surface area (Å²) < 4.78 is 5.23. The van der Waals surface area contributed by atoms with Crippen LogP contribution in [-0.2, 0) is 4.74 Å². The molecule has 0 amide bonds. The van der Waals surface area contributed by atoms with E-state index in [0.29, 0.717) is 23.3 Å². The minimum atomic E-state index is 0. The van der Waals surface area contributed by atoms with Gasteiger partial charge in [0.25, 0.3) is 0 Å². The van der Waals surface area contributed by atoms with E-state index in [1.807, 2.05) is 11.1 Å². The minimum absolute atomic E-state index is 0. The van der Waals surface area contributed by atoms with Crippen LogP contribution in [0.1, 0.15) is 5.56 Å². The van der Waals surface area contributed by atoms with E-state index in [-0.39, 0.29) is 17.0 Å². The first kappa shape index (κ1) is 14.8. The van der Waals surface area contributed by atoms with E-state index in [9.17, 15) is 0 Å². The molecular weight excluding hydrogens is 327 g/mol. The maximum atomic E-state index is 6.03. The average molecular weight is 340 g/mol. The molecule has 1 saturated heterocycles. The number of hydrazone groups is 1. The molecule has 3 nitrogen and oxygen atoms in total. The molecule has 0 radical (unpaired) electrons. The van der Waals surface area contributed by atoms with Crippen LogP contribution < -0.4 is 0 Å². The molecule has 94 valence electrons. The Morgan fingerprint density at radius 2 is 1.76 bits per heavy atom. The molecule has 0 saturated carbocycles. The van der Waals surface area contributed by atoms with Crippen LogP contribution in [0.4, 0.5) is 0 Å². The van der Waals surface area contributed by atoms with Gasteiger partial charge in [-0.15, -0.1) is 17.0 Å². The molecule has 1 aromatic carbocycles. The molecule has 0 bridgehead atoms. The zero-order chi connectivity index (χ0) is 11.4. The first-order valence-corrected chi connectivity index (χ1v) is 5.83. The third kappa shape index (κ3) is 4.14. The number of hydrogen-bond donors (Lipinski definition) is 0. The molecule has 0 unspecified atom stereocenters. The van der Waals surface area contributed by atoms with Crippen LogP contribution in [0, 0.1) is 0 Å². The van der Waals surface area contributed by atoms with Gasteiger partial charge in [0.1, 0.15) is 0 Å².